The fourth-order valence-electron chi connectivity index (χ4n) is 3.05. The highest BCUT2D eigenvalue weighted by Crippen LogP contribution is 2.12. The Labute approximate surface area is 161 Å². The first-order chi connectivity index (χ1) is 13.5. The number of fused-ring (bicyclic) bond motifs is 1. The lowest BCUT2D eigenvalue weighted by Gasteiger charge is -2.06. The average molecular weight is 380 g/mol. The Hall–Kier alpha value is -3.46. The number of carbonyl (C=O) groups excluding carboxylic acids is 2. The van der Waals surface area contributed by atoms with E-state index in [1.54, 1.807) is 10.9 Å². The summed E-state index contributed by atoms with van der Waals surface area (Å²) in [6.07, 6.45) is 2.80. The number of aliphatic hydroxyl groups is 1. The number of amides is 2. The summed E-state index contributed by atoms with van der Waals surface area (Å²) in [5.41, 5.74) is 3.31. The largest absolute Gasteiger partial charge is 0.389 e. The summed E-state index contributed by atoms with van der Waals surface area (Å²) in [6.45, 7) is 2.61. The van der Waals surface area contributed by atoms with Gasteiger partial charge in [0.2, 0.25) is 0 Å². The molecule has 0 fully saturated rings. The van der Waals surface area contributed by atoms with Gasteiger partial charge in [-0.2, -0.15) is 10.2 Å². The monoisotopic (exact) mass is 380 g/mol. The third-order valence-electron chi connectivity index (χ3n) is 4.48. The first-order valence-corrected chi connectivity index (χ1v) is 8.92. The van der Waals surface area contributed by atoms with Crippen molar-refractivity contribution in [3.8, 4) is 5.69 Å². The van der Waals surface area contributed by atoms with E-state index < -0.39 is 12.0 Å². The number of aromatic nitrogens is 4. The van der Waals surface area contributed by atoms with Crippen LogP contribution < -0.4 is 10.6 Å². The van der Waals surface area contributed by atoms with Gasteiger partial charge in [-0.1, -0.05) is 12.1 Å². The summed E-state index contributed by atoms with van der Waals surface area (Å²) in [4.78, 5) is 24.4. The molecule has 0 saturated carbocycles. The van der Waals surface area contributed by atoms with Gasteiger partial charge in [-0.05, 0) is 24.6 Å². The molecule has 0 aliphatic carbocycles. The lowest BCUT2D eigenvalue weighted by atomic mass is 10.2. The molecule has 0 radical (unpaired) electrons. The molecule has 0 spiro atoms. The summed E-state index contributed by atoms with van der Waals surface area (Å²) < 4.78 is 3.11. The number of nitrogens with zero attached hydrogens (tertiary/aromatic N) is 4. The van der Waals surface area contributed by atoms with E-state index in [0.29, 0.717) is 0 Å². The van der Waals surface area contributed by atoms with E-state index in [1.807, 2.05) is 37.4 Å². The van der Waals surface area contributed by atoms with E-state index in [0.717, 1.165) is 16.8 Å². The Kier molecular flexibility index (Phi) is 4.66. The highest BCUT2D eigenvalue weighted by Gasteiger charge is 2.24. The molecule has 3 aromatic rings. The Balaban J connectivity index is 1.43. The van der Waals surface area contributed by atoms with Crippen LogP contribution in [0.4, 0.5) is 0 Å². The van der Waals surface area contributed by atoms with Crippen LogP contribution in [-0.4, -0.2) is 49.1 Å². The number of benzene rings is 1. The van der Waals surface area contributed by atoms with E-state index in [-0.39, 0.29) is 36.9 Å². The minimum Gasteiger partial charge on any atom is -0.389 e. The predicted octanol–water partition coefficient (Wildman–Crippen LogP) is 0.412. The zero-order valence-electron chi connectivity index (χ0n) is 15.3. The molecule has 1 aliphatic rings. The summed E-state index contributed by atoms with van der Waals surface area (Å²) in [6, 6.07) is 9.38. The van der Waals surface area contributed by atoms with Crippen LogP contribution >= 0.6 is 0 Å². The predicted molar refractivity (Wildman–Crippen MR) is 100 cm³/mol. The molecular weight excluding hydrogens is 360 g/mol. The van der Waals surface area contributed by atoms with Crippen molar-refractivity contribution in [1.82, 2.24) is 30.2 Å². The number of hydrogen-bond donors (Lipinski definition) is 3. The molecule has 9 nitrogen and oxygen atoms in total. The molecule has 0 saturated heterocycles. The third kappa shape index (κ3) is 3.65. The summed E-state index contributed by atoms with van der Waals surface area (Å²) in [5, 5.41) is 23.6. The van der Waals surface area contributed by atoms with Crippen LogP contribution in [0.3, 0.4) is 0 Å². The van der Waals surface area contributed by atoms with Crippen molar-refractivity contribution in [3.63, 3.8) is 0 Å². The first kappa shape index (κ1) is 17.9. The highest BCUT2D eigenvalue weighted by molar-refractivity contribution is 5.98. The van der Waals surface area contributed by atoms with Crippen LogP contribution in [0.15, 0.2) is 42.7 Å². The van der Waals surface area contributed by atoms with Gasteiger partial charge >= 0.3 is 0 Å². The maximum atomic E-state index is 12.4. The van der Waals surface area contributed by atoms with Crippen molar-refractivity contribution in [2.45, 2.75) is 26.1 Å². The minimum absolute atomic E-state index is 0.130. The summed E-state index contributed by atoms with van der Waals surface area (Å²) >= 11 is 0. The number of aliphatic hydroxyl groups excluding tert-OH is 1. The smallest absolute Gasteiger partial charge is 0.272 e. The number of rotatable bonds is 4. The van der Waals surface area contributed by atoms with Gasteiger partial charge in [0, 0.05) is 30.9 Å². The number of nitrogens with one attached hydrogen (secondary N) is 2. The Morgan fingerprint density at radius 2 is 2.25 bits per heavy atom. The van der Waals surface area contributed by atoms with Crippen LogP contribution in [-0.2, 0) is 13.1 Å². The molecule has 0 bridgehead atoms. The minimum atomic E-state index is -0.742. The zero-order valence-corrected chi connectivity index (χ0v) is 15.3. The van der Waals surface area contributed by atoms with Crippen molar-refractivity contribution in [2.24, 2.45) is 0 Å². The van der Waals surface area contributed by atoms with Crippen LogP contribution in [0.25, 0.3) is 5.69 Å². The van der Waals surface area contributed by atoms with Crippen LogP contribution in [0.2, 0.25) is 0 Å². The number of β-amino-alcohol motifs (C(OH)–C–C–N with tert-alkyl or cyclic N) is 1. The standard InChI is InChI=1S/C19H20N6O3/c1-12-3-2-4-14(5-12)24-10-13(8-22-24)7-20-18(27)16-6-17-19(28)21-9-15(26)11-25(17)23-16/h2-6,8,10,15,26H,7,9,11H2,1H3,(H,20,27)(H,21,28). The fourth-order valence-corrected chi connectivity index (χ4v) is 3.05. The molecule has 2 amide bonds. The molecule has 144 valence electrons. The number of aryl methyl sites for hydroxylation is 1. The zero-order chi connectivity index (χ0) is 19.7. The maximum Gasteiger partial charge on any atom is 0.272 e. The maximum absolute atomic E-state index is 12.4. The Morgan fingerprint density at radius 3 is 3.07 bits per heavy atom. The van der Waals surface area contributed by atoms with Crippen LogP contribution in [0.1, 0.15) is 32.1 Å². The summed E-state index contributed by atoms with van der Waals surface area (Å²) in [7, 11) is 0. The van der Waals surface area contributed by atoms with E-state index >= 15 is 0 Å². The van der Waals surface area contributed by atoms with Gasteiger partial charge < -0.3 is 15.7 Å². The van der Waals surface area contributed by atoms with E-state index in [1.165, 1.54) is 10.7 Å². The Bertz CT molecular complexity index is 1040. The molecular formula is C19H20N6O3. The Morgan fingerprint density at radius 1 is 1.39 bits per heavy atom. The lowest BCUT2D eigenvalue weighted by Crippen LogP contribution is -2.30. The van der Waals surface area contributed by atoms with Gasteiger partial charge in [0.25, 0.3) is 11.8 Å². The topological polar surface area (TPSA) is 114 Å². The second kappa shape index (κ2) is 7.28. The van der Waals surface area contributed by atoms with Crippen LogP contribution in [0, 0.1) is 6.92 Å². The van der Waals surface area contributed by atoms with Gasteiger partial charge in [-0.3, -0.25) is 14.3 Å². The van der Waals surface area contributed by atoms with Crippen molar-refractivity contribution < 1.29 is 14.7 Å². The number of carbonyl (C=O) groups is 2. The molecule has 2 aromatic heterocycles. The highest BCUT2D eigenvalue weighted by atomic mass is 16.3. The molecule has 4 rings (SSSR count). The fraction of sp³-hybridized carbons (Fsp3) is 0.263. The van der Waals surface area contributed by atoms with Gasteiger partial charge in [0.05, 0.1) is 24.5 Å². The molecule has 1 atom stereocenters. The van der Waals surface area contributed by atoms with Crippen molar-refractivity contribution in [1.29, 1.82) is 0 Å². The quantitative estimate of drug-likeness (QED) is 0.607. The van der Waals surface area contributed by atoms with Crippen molar-refractivity contribution in [2.75, 3.05) is 6.54 Å². The molecule has 1 aromatic carbocycles. The second-order valence-electron chi connectivity index (χ2n) is 6.78. The van der Waals surface area contributed by atoms with E-state index in [9.17, 15) is 14.7 Å². The number of hydrogen-bond acceptors (Lipinski definition) is 5. The van der Waals surface area contributed by atoms with Gasteiger partial charge in [-0.15, -0.1) is 0 Å². The normalized spacial score (nSPS) is 16.2. The first-order valence-electron chi connectivity index (χ1n) is 8.92. The molecule has 1 unspecified atom stereocenters. The van der Waals surface area contributed by atoms with Gasteiger partial charge in [0.1, 0.15) is 5.69 Å². The molecule has 28 heavy (non-hydrogen) atoms. The van der Waals surface area contributed by atoms with E-state index in [2.05, 4.69) is 20.8 Å². The SMILES string of the molecule is Cc1cccc(-n2cc(CNC(=O)c3cc4n(n3)CC(O)CNC4=O)cn2)c1. The second-order valence-corrected chi connectivity index (χ2v) is 6.78. The van der Waals surface area contributed by atoms with Crippen molar-refractivity contribution in [3.05, 3.63) is 65.2 Å². The molecule has 3 N–H and O–H groups in total. The third-order valence-corrected chi connectivity index (χ3v) is 4.48. The van der Waals surface area contributed by atoms with Gasteiger partial charge in [0.15, 0.2) is 5.69 Å². The van der Waals surface area contributed by atoms with Gasteiger partial charge in [-0.25, -0.2) is 4.68 Å². The molecule has 3 heterocycles. The van der Waals surface area contributed by atoms with Crippen molar-refractivity contribution >= 4 is 11.8 Å². The molecule has 1 aliphatic heterocycles. The lowest BCUT2D eigenvalue weighted by molar-refractivity contribution is 0.0931. The van der Waals surface area contributed by atoms with Crippen LogP contribution in [0.5, 0.6) is 0 Å². The summed E-state index contributed by atoms with van der Waals surface area (Å²) in [5.74, 6) is -0.756. The molecule has 9 heteroatoms. The average Bonchev–Trinajstić information content (AvgIpc) is 3.29. The van der Waals surface area contributed by atoms with E-state index in [4.69, 9.17) is 0 Å².